The third-order valence-corrected chi connectivity index (χ3v) is 3.00. The molecule has 0 radical (unpaired) electrons. The first kappa shape index (κ1) is 16.0. The summed E-state index contributed by atoms with van der Waals surface area (Å²) in [7, 11) is 1.46. The first-order valence-electron chi connectivity index (χ1n) is 6.59. The van der Waals surface area contributed by atoms with Crippen LogP contribution in [0.25, 0.3) is 6.08 Å². The van der Waals surface area contributed by atoms with E-state index in [4.69, 9.17) is 10.00 Å². The second kappa shape index (κ2) is 7.09. The van der Waals surface area contributed by atoms with Gasteiger partial charge in [0, 0.05) is 11.3 Å². The van der Waals surface area contributed by atoms with Crippen LogP contribution in [0.15, 0.2) is 48.0 Å². The minimum absolute atomic E-state index is 0.0897. The highest BCUT2D eigenvalue weighted by molar-refractivity contribution is 6.09. The summed E-state index contributed by atoms with van der Waals surface area (Å²) in [5.74, 6) is -0.708. The molecule has 0 aliphatic heterocycles. The molecular formula is C17H13FN2O3. The molecule has 0 spiro atoms. The predicted octanol–water partition coefficient (Wildman–Crippen LogP) is 3.09. The van der Waals surface area contributed by atoms with Crippen molar-refractivity contribution >= 4 is 17.7 Å². The molecule has 23 heavy (non-hydrogen) atoms. The van der Waals surface area contributed by atoms with Crippen molar-refractivity contribution in [1.29, 1.82) is 5.26 Å². The molecule has 0 bridgehead atoms. The number of aromatic hydroxyl groups is 1. The normalized spacial score (nSPS) is 10.7. The van der Waals surface area contributed by atoms with Crippen LogP contribution < -0.4 is 10.1 Å². The Hall–Kier alpha value is -3.33. The molecule has 1 amide bonds. The number of hydrogen-bond acceptors (Lipinski definition) is 4. The summed E-state index contributed by atoms with van der Waals surface area (Å²) in [4.78, 5) is 12.1. The Morgan fingerprint density at radius 1 is 1.30 bits per heavy atom. The van der Waals surface area contributed by atoms with E-state index in [1.807, 2.05) is 0 Å². The van der Waals surface area contributed by atoms with Gasteiger partial charge in [-0.25, -0.2) is 4.39 Å². The van der Waals surface area contributed by atoms with Gasteiger partial charge in [-0.2, -0.15) is 5.26 Å². The Morgan fingerprint density at radius 3 is 2.61 bits per heavy atom. The number of hydrogen-bond donors (Lipinski definition) is 2. The molecule has 0 fully saturated rings. The first-order chi connectivity index (χ1) is 11.0. The predicted molar refractivity (Wildman–Crippen MR) is 83.3 cm³/mol. The van der Waals surface area contributed by atoms with Crippen LogP contribution in [0.1, 0.15) is 5.56 Å². The fourth-order valence-electron chi connectivity index (χ4n) is 1.81. The third kappa shape index (κ3) is 4.08. The first-order valence-corrected chi connectivity index (χ1v) is 6.59. The van der Waals surface area contributed by atoms with E-state index in [0.717, 1.165) is 0 Å². The summed E-state index contributed by atoms with van der Waals surface area (Å²) in [6, 6.07) is 11.4. The Balaban J connectivity index is 2.26. The number of rotatable bonds is 4. The highest BCUT2D eigenvalue weighted by atomic mass is 19.1. The SMILES string of the molecule is COc1ccc(O)c(C=C(C#N)C(=O)Nc2ccc(F)cc2)c1. The molecule has 116 valence electrons. The van der Waals surface area contributed by atoms with Crippen LogP contribution in [-0.2, 0) is 4.79 Å². The van der Waals surface area contributed by atoms with Crippen molar-refractivity contribution in [1.82, 2.24) is 0 Å². The Labute approximate surface area is 132 Å². The number of phenols is 1. The molecule has 2 aromatic carbocycles. The Morgan fingerprint density at radius 2 is 2.00 bits per heavy atom. The van der Waals surface area contributed by atoms with Gasteiger partial charge in [0.1, 0.15) is 29.0 Å². The summed E-state index contributed by atoms with van der Waals surface area (Å²) in [5, 5.41) is 21.4. The van der Waals surface area contributed by atoms with Crippen LogP contribution >= 0.6 is 0 Å². The molecule has 2 rings (SSSR count). The number of nitrogens with zero attached hydrogens (tertiary/aromatic N) is 1. The molecule has 0 aromatic heterocycles. The van der Waals surface area contributed by atoms with E-state index in [9.17, 15) is 14.3 Å². The monoisotopic (exact) mass is 312 g/mol. The number of amides is 1. The van der Waals surface area contributed by atoms with E-state index in [1.165, 1.54) is 49.6 Å². The van der Waals surface area contributed by atoms with Gasteiger partial charge in [0.05, 0.1) is 7.11 Å². The minimum atomic E-state index is -0.665. The largest absolute Gasteiger partial charge is 0.507 e. The van der Waals surface area contributed by atoms with Crippen molar-refractivity contribution < 1.29 is 19.0 Å². The number of carbonyl (C=O) groups excluding carboxylic acids is 1. The average Bonchev–Trinajstić information content (AvgIpc) is 2.56. The van der Waals surface area contributed by atoms with Crippen molar-refractivity contribution in [3.8, 4) is 17.6 Å². The number of nitrogens with one attached hydrogen (secondary N) is 1. The number of carbonyl (C=O) groups is 1. The van der Waals surface area contributed by atoms with Crippen molar-refractivity contribution in [2.24, 2.45) is 0 Å². The molecule has 5 nitrogen and oxygen atoms in total. The van der Waals surface area contributed by atoms with Gasteiger partial charge >= 0.3 is 0 Å². The Bertz CT molecular complexity index is 792. The van der Waals surface area contributed by atoms with Crippen LogP contribution in [0.5, 0.6) is 11.5 Å². The van der Waals surface area contributed by atoms with Gasteiger partial charge in [-0.15, -0.1) is 0 Å². The van der Waals surface area contributed by atoms with Crippen LogP contribution in [0, 0.1) is 17.1 Å². The van der Waals surface area contributed by atoms with E-state index >= 15 is 0 Å². The third-order valence-electron chi connectivity index (χ3n) is 3.00. The summed E-state index contributed by atoms with van der Waals surface area (Å²) in [5.41, 5.74) is 0.417. The molecule has 0 saturated carbocycles. The molecular weight excluding hydrogens is 299 g/mol. The molecule has 2 aromatic rings. The number of halogens is 1. The highest BCUT2D eigenvalue weighted by Gasteiger charge is 2.11. The lowest BCUT2D eigenvalue weighted by molar-refractivity contribution is -0.112. The average molecular weight is 312 g/mol. The second-order valence-corrected chi connectivity index (χ2v) is 4.56. The highest BCUT2D eigenvalue weighted by Crippen LogP contribution is 2.25. The van der Waals surface area contributed by atoms with Crippen molar-refractivity contribution in [2.45, 2.75) is 0 Å². The molecule has 6 heteroatoms. The zero-order chi connectivity index (χ0) is 16.8. The van der Waals surface area contributed by atoms with Gasteiger partial charge in [0.2, 0.25) is 0 Å². The van der Waals surface area contributed by atoms with Gasteiger partial charge in [0.15, 0.2) is 0 Å². The van der Waals surface area contributed by atoms with Gasteiger partial charge in [-0.3, -0.25) is 4.79 Å². The molecule has 0 aliphatic carbocycles. The lowest BCUT2D eigenvalue weighted by Gasteiger charge is -2.06. The summed E-state index contributed by atoms with van der Waals surface area (Å²) in [6.07, 6.45) is 1.25. The van der Waals surface area contributed by atoms with Crippen LogP contribution in [0.3, 0.4) is 0 Å². The van der Waals surface area contributed by atoms with Crippen molar-refractivity contribution in [3.05, 3.63) is 59.4 Å². The number of benzene rings is 2. The smallest absolute Gasteiger partial charge is 0.266 e. The zero-order valence-electron chi connectivity index (χ0n) is 12.2. The van der Waals surface area contributed by atoms with E-state index in [2.05, 4.69) is 5.32 Å². The molecule has 0 aliphatic rings. The number of anilines is 1. The molecule has 0 atom stereocenters. The quantitative estimate of drug-likeness (QED) is 0.671. The summed E-state index contributed by atoms with van der Waals surface area (Å²) >= 11 is 0. The van der Waals surface area contributed by atoms with Gasteiger partial charge < -0.3 is 15.2 Å². The van der Waals surface area contributed by atoms with E-state index in [0.29, 0.717) is 11.4 Å². The second-order valence-electron chi connectivity index (χ2n) is 4.56. The van der Waals surface area contributed by atoms with Crippen LogP contribution in [0.4, 0.5) is 10.1 Å². The lowest BCUT2D eigenvalue weighted by atomic mass is 10.1. The molecule has 0 saturated heterocycles. The molecule has 0 heterocycles. The van der Waals surface area contributed by atoms with Crippen LogP contribution in [-0.4, -0.2) is 18.1 Å². The zero-order valence-corrected chi connectivity index (χ0v) is 12.2. The Kier molecular flexibility index (Phi) is 4.95. The number of phenolic OH excluding ortho intramolecular Hbond substituents is 1. The summed E-state index contributed by atoms with van der Waals surface area (Å²) < 4.78 is 17.9. The maximum atomic E-state index is 12.8. The molecule has 2 N–H and O–H groups in total. The fourth-order valence-corrected chi connectivity index (χ4v) is 1.81. The van der Waals surface area contributed by atoms with Crippen LogP contribution in [0.2, 0.25) is 0 Å². The van der Waals surface area contributed by atoms with Gasteiger partial charge in [0.25, 0.3) is 5.91 Å². The van der Waals surface area contributed by atoms with E-state index < -0.39 is 11.7 Å². The molecule has 0 unspecified atom stereocenters. The number of nitriles is 1. The van der Waals surface area contributed by atoms with Crippen molar-refractivity contribution in [3.63, 3.8) is 0 Å². The fraction of sp³-hybridized carbons (Fsp3) is 0.0588. The maximum absolute atomic E-state index is 12.8. The number of methoxy groups -OCH3 is 1. The summed E-state index contributed by atoms with van der Waals surface area (Å²) in [6.45, 7) is 0. The van der Waals surface area contributed by atoms with Gasteiger partial charge in [-0.1, -0.05) is 0 Å². The topological polar surface area (TPSA) is 82.3 Å². The lowest BCUT2D eigenvalue weighted by Crippen LogP contribution is -2.13. The standard InChI is InChI=1S/C17H13FN2O3/c1-23-15-6-7-16(21)11(9-15)8-12(10-19)17(22)20-14-4-2-13(18)3-5-14/h2-9,21H,1H3,(H,20,22). The van der Waals surface area contributed by atoms with Crippen molar-refractivity contribution in [2.75, 3.05) is 12.4 Å². The van der Waals surface area contributed by atoms with E-state index in [-0.39, 0.29) is 16.9 Å². The van der Waals surface area contributed by atoms with Gasteiger partial charge in [-0.05, 0) is 48.5 Å². The number of ether oxygens (including phenoxy) is 1. The maximum Gasteiger partial charge on any atom is 0.266 e. The van der Waals surface area contributed by atoms with E-state index in [1.54, 1.807) is 12.1 Å². The minimum Gasteiger partial charge on any atom is -0.507 e.